The Kier molecular flexibility index (Phi) is 7.15. The fourth-order valence-electron chi connectivity index (χ4n) is 4.76. The maximum Gasteiger partial charge on any atom is 0.224 e. The molecular weight excluding hydrogens is 456 g/mol. The SMILES string of the molecule is C.CC(=O)N1CC[C@@H](n2c(Nc3c(F)cccc3F)nc3cnc(NC4CCC(O)CC4)nc32)C1. The molecule has 9 nitrogen and oxygen atoms in total. The van der Waals surface area contributed by atoms with E-state index in [9.17, 15) is 18.7 Å². The zero-order chi connectivity index (χ0) is 23.8. The van der Waals surface area contributed by atoms with Crippen LogP contribution in [0.25, 0.3) is 11.2 Å². The minimum atomic E-state index is -0.733. The predicted molar refractivity (Wildman–Crippen MR) is 129 cm³/mol. The number of hydrogen-bond donors (Lipinski definition) is 3. The van der Waals surface area contributed by atoms with Crippen molar-refractivity contribution in [2.45, 2.75) is 64.6 Å². The first kappa shape index (κ1) is 24.8. The van der Waals surface area contributed by atoms with Gasteiger partial charge in [0, 0.05) is 26.1 Å². The third-order valence-corrected chi connectivity index (χ3v) is 6.64. The highest BCUT2D eigenvalue weighted by Crippen LogP contribution is 2.33. The van der Waals surface area contributed by atoms with Gasteiger partial charge in [-0.15, -0.1) is 0 Å². The fourth-order valence-corrected chi connectivity index (χ4v) is 4.76. The van der Waals surface area contributed by atoms with Gasteiger partial charge in [0.05, 0.1) is 18.3 Å². The van der Waals surface area contributed by atoms with Crippen molar-refractivity contribution in [2.75, 3.05) is 23.7 Å². The molecule has 1 aliphatic heterocycles. The summed E-state index contributed by atoms with van der Waals surface area (Å²) >= 11 is 0. The van der Waals surface area contributed by atoms with E-state index in [1.807, 2.05) is 4.57 Å². The molecule has 11 heteroatoms. The van der Waals surface area contributed by atoms with E-state index in [1.165, 1.54) is 25.1 Å². The van der Waals surface area contributed by atoms with E-state index in [1.54, 1.807) is 11.1 Å². The molecule has 0 spiro atoms. The Labute approximate surface area is 202 Å². The second-order valence-electron chi connectivity index (χ2n) is 8.99. The molecule has 1 aromatic carbocycles. The molecule has 2 aliphatic rings. The highest BCUT2D eigenvalue weighted by Gasteiger charge is 2.30. The Morgan fingerprint density at radius 2 is 1.83 bits per heavy atom. The van der Waals surface area contributed by atoms with E-state index in [0.29, 0.717) is 36.6 Å². The Morgan fingerprint density at radius 1 is 1.11 bits per heavy atom. The molecule has 1 amide bonds. The molecule has 3 aromatic rings. The van der Waals surface area contributed by atoms with E-state index in [2.05, 4.69) is 20.6 Å². The van der Waals surface area contributed by atoms with Gasteiger partial charge < -0.3 is 20.6 Å². The standard InChI is InChI=1S/C23H27F2N7O2.CH4/c1-13(33)31-10-9-15(12-31)32-21-19(28-23(32)29-20-17(24)3-2-4-18(20)25)11-26-22(30-21)27-14-5-7-16(34)8-6-14;/h2-4,11,14-16,34H,5-10,12H2,1H3,(H,28,29)(H,26,27,30);1H4/t14?,15-,16?;/m1./s1. The summed E-state index contributed by atoms with van der Waals surface area (Å²) in [6.45, 7) is 2.55. The van der Waals surface area contributed by atoms with Crippen molar-refractivity contribution in [3.63, 3.8) is 0 Å². The first-order valence-electron chi connectivity index (χ1n) is 11.5. The lowest BCUT2D eigenvalue weighted by Crippen LogP contribution is -2.29. The van der Waals surface area contributed by atoms with Crippen molar-refractivity contribution in [2.24, 2.45) is 0 Å². The maximum absolute atomic E-state index is 14.4. The van der Waals surface area contributed by atoms with Crippen molar-refractivity contribution in [3.05, 3.63) is 36.0 Å². The van der Waals surface area contributed by atoms with E-state index in [0.717, 1.165) is 25.7 Å². The van der Waals surface area contributed by atoms with E-state index >= 15 is 0 Å². The maximum atomic E-state index is 14.4. The summed E-state index contributed by atoms with van der Waals surface area (Å²) < 4.78 is 30.6. The first-order chi connectivity index (χ1) is 16.4. The average Bonchev–Trinajstić information content (AvgIpc) is 3.42. The van der Waals surface area contributed by atoms with E-state index < -0.39 is 11.6 Å². The number of anilines is 3. The number of fused-ring (bicyclic) bond motifs is 1. The van der Waals surface area contributed by atoms with Gasteiger partial charge in [0.15, 0.2) is 5.65 Å². The number of nitrogens with one attached hydrogen (secondary N) is 2. The van der Waals surface area contributed by atoms with Gasteiger partial charge in [-0.05, 0) is 44.2 Å². The van der Waals surface area contributed by atoms with Crippen LogP contribution in [0.15, 0.2) is 24.4 Å². The van der Waals surface area contributed by atoms with Gasteiger partial charge in [0.25, 0.3) is 0 Å². The van der Waals surface area contributed by atoms with Crippen LogP contribution in [0.4, 0.5) is 26.4 Å². The van der Waals surface area contributed by atoms with Crippen LogP contribution in [0.1, 0.15) is 52.5 Å². The molecule has 2 fully saturated rings. The number of halogens is 2. The number of likely N-dealkylation sites (tertiary alicyclic amines) is 1. The first-order valence-corrected chi connectivity index (χ1v) is 11.5. The van der Waals surface area contributed by atoms with Crippen molar-refractivity contribution >= 4 is 34.7 Å². The lowest BCUT2D eigenvalue weighted by molar-refractivity contribution is -0.127. The highest BCUT2D eigenvalue weighted by molar-refractivity contribution is 5.77. The van der Waals surface area contributed by atoms with Crippen molar-refractivity contribution < 1.29 is 18.7 Å². The Balaban J connectivity index is 0.00000289. The second-order valence-corrected chi connectivity index (χ2v) is 8.99. The van der Waals surface area contributed by atoms with Gasteiger partial charge >= 0.3 is 0 Å². The van der Waals surface area contributed by atoms with E-state index in [4.69, 9.17) is 4.98 Å². The van der Waals surface area contributed by atoms with Crippen LogP contribution in [-0.2, 0) is 4.79 Å². The number of rotatable bonds is 5. The molecule has 2 aromatic heterocycles. The van der Waals surface area contributed by atoms with Crippen LogP contribution in [0, 0.1) is 11.6 Å². The van der Waals surface area contributed by atoms with Gasteiger partial charge in [-0.3, -0.25) is 9.36 Å². The Morgan fingerprint density at radius 3 is 2.49 bits per heavy atom. The number of nitrogens with zero attached hydrogens (tertiary/aromatic N) is 5. The normalized spacial score (nSPS) is 22.2. The van der Waals surface area contributed by atoms with Crippen LogP contribution in [0.3, 0.4) is 0 Å². The van der Waals surface area contributed by atoms with E-state index in [-0.39, 0.29) is 43.2 Å². The highest BCUT2D eigenvalue weighted by atomic mass is 19.1. The minimum Gasteiger partial charge on any atom is -0.393 e. The summed E-state index contributed by atoms with van der Waals surface area (Å²) in [6.07, 6.45) is 5.06. The molecule has 0 radical (unpaired) electrons. The molecule has 0 bridgehead atoms. The number of benzene rings is 1. The van der Waals surface area contributed by atoms with Gasteiger partial charge in [-0.1, -0.05) is 13.5 Å². The molecule has 3 N–H and O–H groups in total. The quantitative estimate of drug-likeness (QED) is 0.499. The number of hydrogen-bond acceptors (Lipinski definition) is 7. The average molecular weight is 488 g/mol. The van der Waals surface area contributed by atoms with Gasteiger partial charge in [-0.2, -0.15) is 4.98 Å². The van der Waals surface area contributed by atoms with Crippen molar-refractivity contribution in [1.29, 1.82) is 0 Å². The number of imidazole rings is 1. The number of aromatic nitrogens is 4. The summed E-state index contributed by atoms with van der Waals surface area (Å²) in [7, 11) is 0. The summed E-state index contributed by atoms with van der Waals surface area (Å²) in [5.74, 6) is -0.827. The van der Waals surface area contributed by atoms with Gasteiger partial charge in [-0.25, -0.2) is 18.7 Å². The minimum absolute atomic E-state index is 0. The molecule has 1 saturated carbocycles. The van der Waals surface area contributed by atoms with Crippen molar-refractivity contribution in [3.8, 4) is 0 Å². The fraction of sp³-hybridized carbons (Fsp3) is 0.500. The zero-order valence-corrected chi connectivity index (χ0v) is 18.8. The molecular formula is C24H31F2N7O2. The number of para-hydroxylation sites is 1. The number of aliphatic hydroxyl groups excluding tert-OH is 1. The predicted octanol–water partition coefficient (Wildman–Crippen LogP) is 3.99. The lowest BCUT2D eigenvalue weighted by atomic mass is 9.93. The van der Waals surface area contributed by atoms with Crippen LogP contribution in [0.2, 0.25) is 0 Å². The Bertz CT molecular complexity index is 1190. The monoisotopic (exact) mass is 487 g/mol. The summed E-state index contributed by atoms with van der Waals surface area (Å²) in [6, 6.07) is 3.64. The molecule has 3 heterocycles. The summed E-state index contributed by atoms with van der Waals surface area (Å²) in [5, 5.41) is 15.9. The molecule has 35 heavy (non-hydrogen) atoms. The van der Waals surface area contributed by atoms with Gasteiger partial charge in [0.1, 0.15) is 22.8 Å². The summed E-state index contributed by atoms with van der Waals surface area (Å²) in [4.78, 5) is 27.3. The third-order valence-electron chi connectivity index (χ3n) is 6.64. The van der Waals surface area contributed by atoms with Crippen LogP contribution >= 0.6 is 0 Å². The third kappa shape index (κ3) is 5.04. The second kappa shape index (κ2) is 10.1. The van der Waals surface area contributed by atoms with Crippen LogP contribution in [-0.4, -0.2) is 60.7 Å². The summed E-state index contributed by atoms with van der Waals surface area (Å²) in [5.41, 5.74) is 0.695. The van der Waals surface area contributed by atoms with Crippen LogP contribution in [0.5, 0.6) is 0 Å². The number of carbonyl (C=O) groups is 1. The van der Waals surface area contributed by atoms with Gasteiger partial charge in [0.2, 0.25) is 17.8 Å². The molecule has 1 atom stereocenters. The lowest BCUT2D eigenvalue weighted by Gasteiger charge is -2.26. The molecule has 1 saturated heterocycles. The zero-order valence-electron chi connectivity index (χ0n) is 18.8. The van der Waals surface area contributed by atoms with Crippen molar-refractivity contribution in [1.82, 2.24) is 24.4 Å². The topological polar surface area (TPSA) is 108 Å². The smallest absolute Gasteiger partial charge is 0.224 e. The number of amides is 1. The largest absolute Gasteiger partial charge is 0.393 e. The Hall–Kier alpha value is -3.34. The number of carbonyl (C=O) groups excluding carboxylic acids is 1. The number of aliphatic hydroxyl groups is 1. The van der Waals surface area contributed by atoms with Crippen LogP contribution < -0.4 is 10.6 Å². The molecule has 5 rings (SSSR count). The molecule has 1 aliphatic carbocycles. The molecule has 188 valence electrons. The molecule has 0 unspecified atom stereocenters.